The van der Waals surface area contributed by atoms with Crippen LogP contribution in [0.15, 0.2) is 18.2 Å². The largest absolute Gasteiger partial charge is 0.504 e. The Kier molecular flexibility index (Phi) is 3.84. The molecule has 2 rings (SSSR count). The quantitative estimate of drug-likeness (QED) is 0.721. The number of phenolic OH excluding ortho intramolecular Hbond substituents is 2. The van der Waals surface area contributed by atoms with Crippen LogP contribution in [-0.4, -0.2) is 21.7 Å². The normalized spacial score (nSPS) is 25.7. The van der Waals surface area contributed by atoms with Crippen LogP contribution in [0.5, 0.6) is 11.5 Å². The lowest BCUT2D eigenvalue weighted by molar-refractivity contribution is 0.0893. The topological polar surface area (TPSA) is 93.4 Å². The number of nitrogens with zero attached hydrogens (tertiary/aromatic N) is 1. The number of benzene rings is 1. The van der Waals surface area contributed by atoms with Crippen LogP contribution in [0.25, 0.3) is 0 Å². The average molecular weight is 274 g/mol. The molecule has 1 aliphatic carbocycles. The van der Waals surface area contributed by atoms with E-state index in [0.29, 0.717) is 18.8 Å². The molecule has 1 aromatic rings. The summed E-state index contributed by atoms with van der Waals surface area (Å²) in [6.07, 6.45) is 3.10. The van der Waals surface area contributed by atoms with E-state index in [9.17, 15) is 20.3 Å². The predicted molar refractivity (Wildman–Crippen MR) is 73.2 cm³/mol. The van der Waals surface area contributed by atoms with Crippen molar-refractivity contribution in [1.82, 2.24) is 5.32 Å². The lowest BCUT2D eigenvalue weighted by Crippen LogP contribution is -2.49. The maximum Gasteiger partial charge on any atom is 0.252 e. The van der Waals surface area contributed by atoms with Gasteiger partial charge in [-0.2, -0.15) is 5.26 Å². The van der Waals surface area contributed by atoms with Crippen LogP contribution < -0.4 is 5.32 Å². The molecule has 5 nitrogen and oxygen atoms in total. The van der Waals surface area contributed by atoms with E-state index in [2.05, 4.69) is 18.3 Å². The second-order valence-corrected chi connectivity index (χ2v) is 5.53. The Hall–Kier alpha value is -2.22. The molecule has 3 N–H and O–H groups in total. The van der Waals surface area contributed by atoms with Gasteiger partial charge in [0, 0.05) is 5.56 Å². The van der Waals surface area contributed by atoms with Crippen molar-refractivity contribution in [1.29, 1.82) is 5.26 Å². The lowest BCUT2D eigenvalue weighted by atomic mass is 9.78. The van der Waals surface area contributed by atoms with Gasteiger partial charge in [-0.25, -0.2) is 0 Å². The van der Waals surface area contributed by atoms with Crippen molar-refractivity contribution in [3.8, 4) is 17.6 Å². The minimum absolute atomic E-state index is 0.230. The van der Waals surface area contributed by atoms with Gasteiger partial charge in [-0.1, -0.05) is 6.92 Å². The summed E-state index contributed by atoms with van der Waals surface area (Å²) in [5, 5.41) is 30.8. The fraction of sp³-hybridized carbons (Fsp3) is 0.467. The van der Waals surface area contributed by atoms with E-state index in [4.69, 9.17) is 0 Å². The van der Waals surface area contributed by atoms with Gasteiger partial charge >= 0.3 is 0 Å². The van der Waals surface area contributed by atoms with Gasteiger partial charge in [0.1, 0.15) is 5.54 Å². The summed E-state index contributed by atoms with van der Waals surface area (Å²) in [6, 6.07) is 6.09. The summed E-state index contributed by atoms with van der Waals surface area (Å²) < 4.78 is 0. The molecule has 106 valence electrons. The van der Waals surface area contributed by atoms with Gasteiger partial charge in [0.15, 0.2) is 11.5 Å². The minimum Gasteiger partial charge on any atom is -0.504 e. The maximum absolute atomic E-state index is 12.2. The second kappa shape index (κ2) is 5.41. The van der Waals surface area contributed by atoms with E-state index >= 15 is 0 Å². The SMILES string of the molecule is CC1CCC(C#N)(NC(=O)c2ccc(O)c(O)c2)CC1. The Morgan fingerprint density at radius 2 is 2.00 bits per heavy atom. The standard InChI is InChI=1S/C15H18N2O3/c1-10-4-6-15(9-16,7-5-10)17-14(20)11-2-3-12(18)13(19)8-11/h2-3,8,10,18-19H,4-7H2,1H3,(H,17,20). The van der Waals surface area contributed by atoms with Crippen molar-refractivity contribution in [3.05, 3.63) is 23.8 Å². The molecule has 1 aliphatic rings. The summed E-state index contributed by atoms with van der Waals surface area (Å²) in [6.45, 7) is 2.14. The highest BCUT2D eigenvalue weighted by molar-refractivity contribution is 5.95. The molecule has 0 heterocycles. The summed E-state index contributed by atoms with van der Waals surface area (Å²) in [5.74, 6) is -0.452. The third-order valence-corrected chi connectivity index (χ3v) is 3.93. The van der Waals surface area contributed by atoms with Crippen LogP contribution in [0.3, 0.4) is 0 Å². The molecule has 0 atom stereocenters. The first-order chi connectivity index (χ1) is 9.46. The number of rotatable bonds is 2. The zero-order valence-corrected chi connectivity index (χ0v) is 11.4. The molecule has 0 spiro atoms. The van der Waals surface area contributed by atoms with Crippen molar-refractivity contribution in [2.24, 2.45) is 5.92 Å². The van der Waals surface area contributed by atoms with Gasteiger partial charge in [-0.05, 0) is 49.8 Å². The van der Waals surface area contributed by atoms with Gasteiger partial charge < -0.3 is 15.5 Å². The summed E-state index contributed by atoms with van der Waals surface area (Å²) in [5.41, 5.74) is -0.592. The highest BCUT2D eigenvalue weighted by Gasteiger charge is 2.35. The smallest absolute Gasteiger partial charge is 0.252 e. The van der Waals surface area contributed by atoms with E-state index < -0.39 is 11.4 Å². The third kappa shape index (κ3) is 2.85. The number of nitrogens with one attached hydrogen (secondary N) is 1. The Morgan fingerprint density at radius 3 is 2.55 bits per heavy atom. The van der Waals surface area contributed by atoms with Crippen LogP contribution in [0.4, 0.5) is 0 Å². The number of aromatic hydroxyl groups is 2. The summed E-state index contributed by atoms with van der Waals surface area (Å²) in [7, 11) is 0. The number of nitriles is 1. The number of hydrogen-bond acceptors (Lipinski definition) is 4. The molecule has 20 heavy (non-hydrogen) atoms. The lowest BCUT2D eigenvalue weighted by Gasteiger charge is -2.34. The molecule has 0 bridgehead atoms. The molecule has 5 heteroatoms. The molecule has 0 aromatic heterocycles. The molecule has 0 radical (unpaired) electrons. The molecular weight excluding hydrogens is 256 g/mol. The zero-order chi connectivity index (χ0) is 14.8. The Bertz CT molecular complexity index is 555. The van der Waals surface area contributed by atoms with Crippen molar-refractivity contribution in [2.45, 2.75) is 38.1 Å². The predicted octanol–water partition coefficient (Wildman–Crippen LogP) is 2.30. The monoisotopic (exact) mass is 274 g/mol. The minimum atomic E-state index is -0.822. The fourth-order valence-electron chi connectivity index (χ4n) is 2.47. The Morgan fingerprint density at radius 1 is 1.35 bits per heavy atom. The van der Waals surface area contributed by atoms with Gasteiger partial charge in [0.2, 0.25) is 0 Å². The van der Waals surface area contributed by atoms with Crippen molar-refractivity contribution < 1.29 is 15.0 Å². The summed E-state index contributed by atoms with van der Waals surface area (Å²) >= 11 is 0. The van der Waals surface area contributed by atoms with Crippen LogP contribution in [-0.2, 0) is 0 Å². The first-order valence-corrected chi connectivity index (χ1v) is 6.71. The van der Waals surface area contributed by atoms with Crippen LogP contribution in [0.1, 0.15) is 43.0 Å². The van der Waals surface area contributed by atoms with Crippen molar-refractivity contribution in [3.63, 3.8) is 0 Å². The fourth-order valence-corrected chi connectivity index (χ4v) is 2.47. The number of hydrogen-bond donors (Lipinski definition) is 3. The molecule has 1 amide bonds. The first kappa shape index (κ1) is 14.2. The van der Waals surface area contributed by atoms with Gasteiger partial charge in [-0.15, -0.1) is 0 Å². The van der Waals surface area contributed by atoms with Crippen molar-refractivity contribution in [2.75, 3.05) is 0 Å². The van der Waals surface area contributed by atoms with E-state index in [0.717, 1.165) is 12.8 Å². The van der Waals surface area contributed by atoms with E-state index in [1.165, 1.54) is 18.2 Å². The molecular formula is C15H18N2O3. The number of phenols is 2. The van der Waals surface area contributed by atoms with E-state index in [1.807, 2.05) is 0 Å². The molecule has 0 aliphatic heterocycles. The molecule has 0 unspecified atom stereocenters. The Labute approximate surface area is 117 Å². The van der Waals surface area contributed by atoms with Gasteiger partial charge in [-0.3, -0.25) is 4.79 Å². The highest BCUT2D eigenvalue weighted by atomic mass is 16.3. The summed E-state index contributed by atoms with van der Waals surface area (Å²) in [4.78, 5) is 12.2. The number of carbonyl (C=O) groups is 1. The molecule has 0 saturated heterocycles. The van der Waals surface area contributed by atoms with E-state index in [1.54, 1.807) is 0 Å². The van der Waals surface area contributed by atoms with Crippen molar-refractivity contribution >= 4 is 5.91 Å². The maximum atomic E-state index is 12.2. The second-order valence-electron chi connectivity index (χ2n) is 5.53. The van der Waals surface area contributed by atoms with Gasteiger partial charge in [0.05, 0.1) is 6.07 Å². The number of amides is 1. The van der Waals surface area contributed by atoms with Gasteiger partial charge in [0.25, 0.3) is 5.91 Å². The van der Waals surface area contributed by atoms with Crippen LogP contribution in [0.2, 0.25) is 0 Å². The highest BCUT2D eigenvalue weighted by Crippen LogP contribution is 2.32. The Balaban J connectivity index is 2.13. The van der Waals surface area contributed by atoms with Crippen LogP contribution in [0, 0.1) is 17.2 Å². The number of carbonyl (C=O) groups excluding carboxylic acids is 1. The molecule has 1 saturated carbocycles. The third-order valence-electron chi connectivity index (χ3n) is 3.93. The van der Waals surface area contributed by atoms with Crippen LogP contribution >= 0.6 is 0 Å². The molecule has 1 fully saturated rings. The van der Waals surface area contributed by atoms with E-state index in [-0.39, 0.29) is 17.1 Å². The average Bonchev–Trinajstić information content (AvgIpc) is 2.44. The first-order valence-electron chi connectivity index (χ1n) is 6.71. The zero-order valence-electron chi connectivity index (χ0n) is 11.4. The molecule has 1 aromatic carbocycles.